The molecule has 0 aliphatic rings. The third-order valence-electron chi connectivity index (χ3n) is 2.01. The van der Waals surface area contributed by atoms with Crippen molar-refractivity contribution in [1.29, 1.82) is 0 Å². The highest BCUT2D eigenvalue weighted by molar-refractivity contribution is 4.31. The second-order valence-corrected chi connectivity index (χ2v) is 4.56. The number of rotatable bonds is 6. The highest BCUT2D eigenvalue weighted by atomic mass is 14.5. The van der Waals surface area contributed by atoms with Gasteiger partial charge in [0.2, 0.25) is 0 Å². The van der Waals surface area contributed by atoms with Gasteiger partial charge in [-0.2, -0.15) is 0 Å². The molecular formula is C17H43N. The van der Waals surface area contributed by atoms with Crippen LogP contribution in [0.2, 0.25) is 0 Å². The molecule has 0 heterocycles. The molecule has 0 radical (unpaired) electrons. The summed E-state index contributed by atoms with van der Waals surface area (Å²) in [6, 6.07) is 0. The fourth-order valence-electron chi connectivity index (χ4n) is 0.704. The topological polar surface area (TPSA) is 26.0 Å². The van der Waals surface area contributed by atoms with E-state index in [1.807, 2.05) is 0 Å². The van der Waals surface area contributed by atoms with Gasteiger partial charge in [0.15, 0.2) is 0 Å². The van der Waals surface area contributed by atoms with Crippen LogP contribution in [-0.2, 0) is 0 Å². The van der Waals surface area contributed by atoms with E-state index < -0.39 is 0 Å². The summed E-state index contributed by atoms with van der Waals surface area (Å²) >= 11 is 0. The molecule has 0 unspecified atom stereocenters. The van der Waals surface area contributed by atoms with Crippen LogP contribution in [-0.4, -0.2) is 6.54 Å². The van der Waals surface area contributed by atoms with E-state index >= 15 is 0 Å². The lowest BCUT2D eigenvalue weighted by Crippen LogP contribution is -1.95. The van der Waals surface area contributed by atoms with Crippen molar-refractivity contribution in [2.24, 2.45) is 5.73 Å². The molecule has 1 nitrogen and oxygen atoms in total. The highest BCUT2D eigenvalue weighted by Gasteiger charge is 1.75. The number of nitrogens with two attached hydrogens (primary N) is 1. The Hall–Kier alpha value is -0.0400. The number of hydrogen-bond donors (Lipinski definition) is 1. The molecule has 0 aromatic heterocycles. The summed E-state index contributed by atoms with van der Waals surface area (Å²) in [5, 5.41) is 0. The van der Waals surface area contributed by atoms with Crippen molar-refractivity contribution in [3.63, 3.8) is 0 Å². The van der Waals surface area contributed by atoms with E-state index in [1.54, 1.807) is 0 Å². The predicted molar refractivity (Wildman–Crippen MR) is 90.3 cm³/mol. The van der Waals surface area contributed by atoms with Gasteiger partial charge in [0, 0.05) is 0 Å². The van der Waals surface area contributed by atoms with E-state index in [0.717, 1.165) is 6.54 Å². The van der Waals surface area contributed by atoms with Gasteiger partial charge in [0.1, 0.15) is 0 Å². The summed E-state index contributed by atoms with van der Waals surface area (Å²) in [6.45, 7) is 16.1. The first kappa shape index (κ1) is 26.5. The Morgan fingerprint density at radius 3 is 0.833 bits per heavy atom. The monoisotopic (exact) mass is 261 g/mol. The second-order valence-electron chi connectivity index (χ2n) is 4.56. The van der Waals surface area contributed by atoms with E-state index in [0.29, 0.717) is 0 Å². The molecular weight excluding hydrogens is 218 g/mol. The number of hydrogen-bond acceptors (Lipinski definition) is 1. The molecule has 0 bridgehead atoms. The Kier molecular flexibility index (Phi) is 64.1. The summed E-state index contributed by atoms with van der Waals surface area (Å²) in [6.07, 6.45) is 11.8. The first-order valence-electron chi connectivity index (χ1n) is 8.36. The van der Waals surface area contributed by atoms with Crippen molar-refractivity contribution >= 4 is 0 Å². The Labute approximate surface area is 119 Å². The van der Waals surface area contributed by atoms with Gasteiger partial charge in [-0.1, -0.05) is 99.8 Å². The Balaban J connectivity index is -0.0000000750. The van der Waals surface area contributed by atoms with Crippen molar-refractivity contribution in [3.05, 3.63) is 0 Å². The van der Waals surface area contributed by atoms with Crippen LogP contribution in [0.4, 0.5) is 0 Å². The zero-order valence-electron chi connectivity index (χ0n) is 14.6. The van der Waals surface area contributed by atoms with Gasteiger partial charge in [0.25, 0.3) is 0 Å². The van der Waals surface area contributed by atoms with Gasteiger partial charge >= 0.3 is 0 Å². The minimum atomic E-state index is 0.844. The largest absolute Gasteiger partial charge is 0.330 e. The summed E-state index contributed by atoms with van der Waals surface area (Å²) in [5.41, 5.74) is 5.14. The van der Waals surface area contributed by atoms with Crippen LogP contribution in [0.5, 0.6) is 0 Å². The van der Waals surface area contributed by atoms with Crippen LogP contribution in [0.25, 0.3) is 0 Å². The summed E-state index contributed by atoms with van der Waals surface area (Å²) in [7, 11) is 0. The van der Waals surface area contributed by atoms with Crippen molar-refractivity contribution in [2.45, 2.75) is 106 Å². The Morgan fingerprint density at radius 2 is 0.778 bits per heavy atom. The molecule has 0 aliphatic carbocycles. The SMILES string of the molecule is CCC.CCCC.CCCCCC.CCCCN. The van der Waals surface area contributed by atoms with E-state index in [9.17, 15) is 0 Å². The van der Waals surface area contributed by atoms with E-state index in [2.05, 4.69) is 48.5 Å². The molecule has 0 aromatic carbocycles. The summed E-state index contributed by atoms with van der Waals surface area (Å²) in [4.78, 5) is 0. The molecule has 0 rings (SSSR count). The normalized spacial score (nSPS) is 8.00. The van der Waals surface area contributed by atoms with Gasteiger partial charge in [-0.05, 0) is 13.0 Å². The minimum Gasteiger partial charge on any atom is -0.330 e. The van der Waals surface area contributed by atoms with Crippen molar-refractivity contribution in [3.8, 4) is 0 Å². The molecule has 116 valence electrons. The molecule has 2 N–H and O–H groups in total. The lowest BCUT2D eigenvalue weighted by molar-refractivity contribution is 0.702. The maximum atomic E-state index is 5.14. The van der Waals surface area contributed by atoms with Crippen LogP contribution >= 0.6 is 0 Å². The molecule has 0 spiro atoms. The molecule has 0 saturated carbocycles. The third-order valence-corrected chi connectivity index (χ3v) is 2.01. The van der Waals surface area contributed by atoms with Crippen molar-refractivity contribution in [1.82, 2.24) is 0 Å². The van der Waals surface area contributed by atoms with E-state index in [-0.39, 0.29) is 0 Å². The second kappa shape index (κ2) is 43.5. The molecule has 0 fully saturated rings. The van der Waals surface area contributed by atoms with Crippen LogP contribution < -0.4 is 5.73 Å². The maximum Gasteiger partial charge on any atom is -0.00774 e. The smallest absolute Gasteiger partial charge is 0.00774 e. The molecule has 0 aliphatic heterocycles. The fraction of sp³-hybridized carbons (Fsp3) is 1.00. The molecule has 18 heavy (non-hydrogen) atoms. The zero-order chi connectivity index (χ0) is 15.1. The van der Waals surface area contributed by atoms with Crippen molar-refractivity contribution in [2.75, 3.05) is 6.54 Å². The Bertz CT molecular complexity index is 64.0. The van der Waals surface area contributed by atoms with Gasteiger partial charge in [-0.3, -0.25) is 0 Å². The lowest BCUT2D eigenvalue weighted by Gasteiger charge is -1.86. The molecule has 0 atom stereocenters. The van der Waals surface area contributed by atoms with E-state index in [4.69, 9.17) is 5.73 Å². The Morgan fingerprint density at radius 1 is 0.500 bits per heavy atom. The minimum absolute atomic E-state index is 0.844. The van der Waals surface area contributed by atoms with Gasteiger partial charge in [-0.15, -0.1) is 0 Å². The zero-order valence-corrected chi connectivity index (χ0v) is 14.6. The molecule has 0 saturated heterocycles. The van der Waals surface area contributed by atoms with Crippen LogP contribution in [0.15, 0.2) is 0 Å². The number of unbranched alkanes of at least 4 members (excludes halogenated alkanes) is 5. The van der Waals surface area contributed by atoms with Crippen LogP contribution in [0, 0.1) is 0 Å². The van der Waals surface area contributed by atoms with E-state index in [1.165, 1.54) is 57.8 Å². The average molecular weight is 262 g/mol. The predicted octanol–water partition coefficient (Wildman–Crippen LogP) is 6.55. The van der Waals surface area contributed by atoms with Gasteiger partial charge in [0.05, 0.1) is 0 Å². The van der Waals surface area contributed by atoms with Crippen LogP contribution in [0.1, 0.15) is 106 Å². The van der Waals surface area contributed by atoms with Gasteiger partial charge < -0.3 is 5.73 Å². The quantitative estimate of drug-likeness (QED) is 0.539. The molecule has 0 amide bonds. The van der Waals surface area contributed by atoms with Crippen molar-refractivity contribution < 1.29 is 0 Å². The lowest BCUT2D eigenvalue weighted by atomic mass is 10.2. The average Bonchev–Trinajstić information content (AvgIpc) is 2.39. The third kappa shape index (κ3) is 101. The maximum absolute atomic E-state index is 5.14. The first-order chi connectivity index (χ1) is 8.66. The summed E-state index contributed by atoms with van der Waals surface area (Å²) < 4.78 is 0. The standard InChI is InChI=1S/C6H14.C4H11N.C4H10.C3H8/c1-3-5-6-4-2;1-2-3-4-5;1-3-4-2;1-3-2/h3-6H2,1-2H3;2-5H2,1H3;3-4H2,1-2H3;3H2,1-2H3. The molecule has 1 heteroatoms. The summed E-state index contributed by atoms with van der Waals surface area (Å²) in [5.74, 6) is 0. The highest BCUT2D eigenvalue weighted by Crippen LogP contribution is 1.95. The molecule has 0 aromatic rings. The first-order valence-corrected chi connectivity index (χ1v) is 8.36. The van der Waals surface area contributed by atoms with Gasteiger partial charge in [-0.25, -0.2) is 0 Å². The fourth-order valence-corrected chi connectivity index (χ4v) is 0.704. The van der Waals surface area contributed by atoms with Crippen LogP contribution in [0.3, 0.4) is 0 Å².